The summed E-state index contributed by atoms with van der Waals surface area (Å²) in [6, 6.07) is 3.62. The third-order valence-electron chi connectivity index (χ3n) is 2.57. The Balaban J connectivity index is 2.31. The lowest BCUT2D eigenvalue weighted by Gasteiger charge is -2.16. The van der Waals surface area contributed by atoms with Crippen molar-refractivity contribution in [1.29, 1.82) is 0 Å². The van der Waals surface area contributed by atoms with Gasteiger partial charge in [-0.15, -0.1) is 0 Å². The van der Waals surface area contributed by atoms with Crippen molar-refractivity contribution in [2.24, 2.45) is 10.5 Å². The summed E-state index contributed by atoms with van der Waals surface area (Å²) in [6.07, 6.45) is 2.04. The molecule has 0 aromatic carbocycles. The van der Waals surface area contributed by atoms with Gasteiger partial charge in [-0.05, 0) is 28.1 Å². The van der Waals surface area contributed by atoms with Gasteiger partial charge in [0.25, 0.3) is 5.91 Å². The van der Waals surface area contributed by atoms with E-state index in [-0.39, 0.29) is 11.3 Å². The zero-order valence-electron chi connectivity index (χ0n) is 10.1. The summed E-state index contributed by atoms with van der Waals surface area (Å²) < 4.78 is 0.882. The van der Waals surface area contributed by atoms with Crippen LogP contribution in [-0.4, -0.2) is 16.6 Å². The fourth-order valence-corrected chi connectivity index (χ4v) is 1.75. The van der Waals surface area contributed by atoms with Gasteiger partial charge in [0, 0.05) is 16.1 Å². The van der Waals surface area contributed by atoms with Crippen molar-refractivity contribution < 1.29 is 4.79 Å². The Labute approximate surface area is 109 Å². The monoisotopic (exact) mass is 295 g/mol. The van der Waals surface area contributed by atoms with Crippen LogP contribution in [0, 0.1) is 5.41 Å². The molecule has 1 amide bonds. The zero-order chi connectivity index (χ0) is 12.6. The first-order valence-corrected chi connectivity index (χ1v) is 6.20. The van der Waals surface area contributed by atoms with E-state index in [0.717, 1.165) is 10.2 Å². The molecule has 1 aromatic rings. The van der Waals surface area contributed by atoms with Crippen molar-refractivity contribution in [3.63, 3.8) is 0 Å². The van der Waals surface area contributed by atoms with Crippen LogP contribution < -0.4 is 5.01 Å². The van der Waals surface area contributed by atoms with Gasteiger partial charge in [-0.1, -0.05) is 20.8 Å². The van der Waals surface area contributed by atoms with Crippen molar-refractivity contribution in [2.45, 2.75) is 27.2 Å². The lowest BCUT2D eigenvalue weighted by Crippen LogP contribution is -2.21. The van der Waals surface area contributed by atoms with Gasteiger partial charge in [0.05, 0.1) is 12.1 Å². The van der Waals surface area contributed by atoms with Crippen LogP contribution in [0.25, 0.3) is 0 Å². The summed E-state index contributed by atoms with van der Waals surface area (Å²) >= 11 is 3.31. The summed E-state index contributed by atoms with van der Waals surface area (Å²) in [5.74, 6) is 0.544. The van der Waals surface area contributed by atoms with Crippen LogP contribution in [0.15, 0.2) is 27.9 Å². The van der Waals surface area contributed by atoms with Crippen molar-refractivity contribution in [3.05, 3.63) is 22.8 Å². The Hall–Kier alpha value is -1.23. The highest BCUT2D eigenvalue weighted by Gasteiger charge is 2.32. The molecule has 2 heterocycles. The molecule has 1 aromatic heterocycles. The number of carbonyl (C=O) groups is 1. The predicted octanol–water partition coefficient (Wildman–Crippen LogP) is 2.98. The molecule has 2 rings (SSSR count). The van der Waals surface area contributed by atoms with Crippen LogP contribution in [0.4, 0.5) is 5.82 Å². The van der Waals surface area contributed by atoms with Gasteiger partial charge in [0.15, 0.2) is 5.82 Å². The molecule has 1 aliphatic rings. The largest absolute Gasteiger partial charge is 0.272 e. The maximum atomic E-state index is 11.9. The first-order chi connectivity index (χ1) is 7.88. The van der Waals surface area contributed by atoms with Gasteiger partial charge in [-0.3, -0.25) is 4.79 Å². The first kappa shape index (κ1) is 12.2. The Morgan fingerprint density at radius 2 is 2.06 bits per heavy atom. The number of hydrogen-bond acceptors (Lipinski definition) is 3. The Morgan fingerprint density at radius 1 is 1.35 bits per heavy atom. The second-order valence-corrected chi connectivity index (χ2v) is 5.93. The summed E-state index contributed by atoms with van der Waals surface area (Å²) in [4.78, 5) is 16.1. The molecule has 0 aliphatic carbocycles. The van der Waals surface area contributed by atoms with Crippen molar-refractivity contribution in [2.75, 3.05) is 5.01 Å². The number of hydrogen-bond donors (Lipinski definition) is 0. The lowest BCUT2D eigenvalue weighted by molar-refractivity contribution is -0.117. The van der Waals surface area contributed by atoms with E-state index in [1.54, 1.807) is 12.3 Å². The Bertz CT molecular complexity index is 474. The highest BCUT2D eigenvalue weighted by molar-refractivity contribution is 9.10. The van der Waals surface area contributed by atoms with E-state index in [0.29, 0.717) is 12.2 Å². The molecule has 4 nitrogen and oxygen atoms in total. The highest BCUT2D eigenvalue weighted by atomic mass is 79.9. The molecule has 0 bridgehead atoms. The molecule has 1 aliphatic heterocycles. The zero-order valence-corrected chi connectivity index (χ0v) is 11.7. The van der Waals surface area contributed by atoms with E-state index < -0.39 is 0 Å². The van der Waals surface area contributed by atoms with Gasteiger partial charge in [0.1, 0.15) is 0 Å². The summed E-state index contributed by atoms with van der Waals surface area (Å²) in [7, 11) is 0. The van der Waals surface area contributed by atoms with Gasteiger partial charge < -0.3 is 0 Å². The number of amides is 1. The quantitative estimate of drug-likeness (QED) is 0.799. The van der Waals surface area contributed by atoms with Gasteiger partial charge in [-0.2, -0.15) is 10.1 Å². The molecule has 0 saturated heterocycles. The number of rotatable bonds is 1. The summed E-state index contributed by atoms with van der Waals surface area (Å²) in [5, 5.41) is 5.74. The predicted molar refractivity (Wildman–Crippen MR) is 70.9 cm³/mol. The van der Waals surface area contributed by atoms with E-state index in [9.17, 15) is 4.79 Å². The topological polar surface area (TPSA) is 45.6 Å². The van der Waals surface area contributed by atoms with Crippen LogP contribution in [0.3, 0.4) is 0 Å². The fourth-order valence-electron chi connectivity index (χ4n) is 1.52. The van der Waals surface area contributed by atoms with E-state index in [1.807, 2.05) is 6.07 Å². The smallest absolute Gasteiger partial charge is 0.254 e. The van der Waals surface area contributed by atoms with Crippen LogP contribution in [0.1, 0.15) is 27.2 Å². The van der Waals surface area contributed by atoms with Crippen LogP contribution in [-0.2, 0) is 4.79 Å². The standard InChI is InChI=1S/C12H14BrN3O/c1-12(2,3)9-6-11(17)16(15-9)10-5-4-8(13)7-14-10/h4-5,7H,6H2,1-3H3. The second kappa shape index (κ2) is 4.22. The van der Waals surface area contributed by atoms with Crippen LogP contribution in [0.2, 0.25) is 0 Å². The number of halogens is 1. The number of hydrazone groups is 1. The third kappa shape index (κ3) is 2.54. The molecule has 0 unspecified atom stereocenters. The number of pyridine rings is 1. The molecule has 17 heavy (non-hydrogen) atoms. The van der Waals surface area contributed by atoms with Crippen LogP contribution >= 0.6 is 15.9 Å². The molecule has 90 valence electrons. The number of anilines is 1. The van der Waals surface area contributed by atoms with E-state index in [1.165, 1.54) is 5.01 Å². The molecular weight excluding hydrogens is 282 g/mol. The van der Waals surface area contributed by atoms with Crippen molar-refractivity contribution in [3.8, 4) is 0 Å². The third-order valence-corrected chi connectivity index (χ3v) is 3.04. The Kier molecular flexibility index (Phi) is 3.03. The lowest BCUT2D eigenvalue weighted by atomic mass is 9.88. The fraction of sp³-hybridized carbons (Fsp3) is 0.417. The molecule has 0 fully saturated rings. The normalized spacial score (nSPS) is 16.4. The van der Waals surface area contributed by atoms with Crippen LogP contribution in [0.5, 0.6) is 0 Å². The molecule has 0 atom stereocenters. The average Bonchev–Trinajstić information content (AvgIpc) is 2.61. The number of aromatic nitrogens is 1. The second-order valence-electron chi connectivity index (χ2n) is 5.01. The van der Waals surface area contributed by atoms with Gasteiger partial charge in [0.2, 0.25) is 0 Å². The minimum atomic E-state index is -0.0836. The molecule has 0 spiro atoms. The van der Waals surface area contributed by atoms with E-state index in [2.05, 4.69) is 46.8 Å². The van der Waals surface area contributed by atoms with Crippen molar-refractivity contribution >= 4 is 33.4 Å². The summed E-state index contributed by atoms with van der Waals surface area (Å²) in [6.45, 7) is 6.16. The SMILES string of the molecule is CC(C)(C)C1=NN(c2ccc(Br)cn2)C(=O)C1. The number of nitrogens with zero attached hydrogens (tertiary/aromatic N) is 3. The maximum Gasteiger partial charge on any atom is 0.254 e. The molecule has 0 N–H and O–H groups in total. The van der Waals surface area contributed by atoms with Gasteiger partial charge >= 0.3 is 0 Å². The molecule has 5 heteroatoms. The van der Waals surface area contributed by atoms with Gasteiger partial charge in [-0.25, -0.2) is 4.98 Å². The molecular formula is C12H14BrN3O. The van der Waals surface area contributed by atoms with Crippen molar-refractivity contribution in [1.82, 2.24) is 4.98 Å². The first-order valence-electron chi connectivity index (χ1n) is 5.40. The van der Waals surface area contributed by atoms with E-state index >= 15 is 0 Å². The molecule has 0 radical (unpaired) electrons. The highest BCUT2D eigenvalue weighted by Crippen LogP contribution is 2.27. The van der Waals surface area contributed by atoms with E-state index in [4.69, 9.17) is 0 Å². The molecule has 0 saturated carbocycles. The maximum absolute atomic E-state index is 11.9. The summed E-state index contributed by atoms with van der Waals surface area (Å²) in [5.41, 5.74) is 0.812. The Morgan fingerprint density at radius 3 is 2.53 bits per heavy atom. The minimum Gasteiger partial charge on any atom is -0.272 e. The number of carbonyl (C=O) groups excluding carboxylic acids is 1. The average molecular weight is 296 g/mol. The minimum absolute atomic E-state index is 0.0234.